The molecule has 0 aliphatic carbocycles. The molecule has 0 atom stereocenters. The second-order valence-electron chi connectivity index (χ2n) is 5.75. The van der Waals surface area contributed by atoms with Gasteiger partial charge in [-0.3, -0.25) is 4.40 Å². The van der Waals surface area contributed by atoms with Gasteiger partial charge in [-0.05, 0) is 30.2 Å². The lowest BCUT2D eigenvalue weighted by Crippen LogP contribution is -1.85. The average Bonchev–Trinajstić information content (AvgIpc) is 3.09. The van der Waals surface area contributed by atoms with Crippen LogP contribution in [0.5, 0.6) is 0 Å². The largest absolute Gasteiger partial charge is 0.358 e. The Bertz CT molecular complexity index is 948. The highest BCUT2D eigenvalue weighted by Gasteiger charge is 2.12. The number of H-pyrrole nitrogens is 1. The van der Waals surface area contributed by atoms with Gasteiger partial charge in [-0.25, -0.2) is 9.97 Å². The van der Waals surface area contributed by atoms with Gasteiger partial charge in [-0.1, -0.05) is 25.4 Å². The molecule has 4 rings (SSSR count). The van der Waals surface area contributed by atoms with Gasteiger partial charge >= 0.3 is 0 Å². The molecule has 0 unspecified atom stereocenters. The van der Waals surface area contributed by atoms with Crippen LogP contribution in [-0.2, 0) is 0 Å². The predicted molar refractivity (Wildman–Crippen MR) is 89.4 cm³/mol. The van der Waals surface area contributed by atoms with E-state index in [0.29, 0.717) is 16.7 Å². The molecule has 3 heterocycles. The molecule has 0 radical (unpaired) electrons. The van der Waals surface area contributed by atoms with Gasteiger partial charge in [-0.15, -0.1) is 0 Å². The molecular formula is C17H15ClN4. The molecule has 0 aliphatic heterocycles. The second kappa shape index (κ2) is 4.85. The van der Waals surface area contributed by atoms with E-state index in [-0.39, 0.29) is 0 Å². The number of aromatic nitrogens is 4. The van der Waals surface area contributed by atoms with Gasteiger partial charge < -0.3 is 4.98 Å². The van der Waals surface area contributed by atoms with Gasteiger partial charge in [-0.2, -0.15) is 0 Å². The van der Waals surface area contributed by atoms with Crippen LogP contribution in [0, 0.1) is 0 Å². The van der Waals surface area contributed by atoms with Crippen LogP contribution >= 0.6 is 11.6 Å². The van der Waals surface area contributed by atoms with Crippen molar-refractivity contribution in [2.24, 2.45) is 0 Å². The molecule has 0 bridgehead atoms. The lowest BCUT2D eigenvalue weighted by Gasteiger charge is -2.01. The van der Waals surface area contributed by atoms with Gasteiger partial charge in [0.15, 0.2) is 0 Å². The summed E-state index contributed by atoms with van der Waals surface area (Å²) in [6.07, 6.45) is 5.61. The zero-order valence-corrected chi connectivity index (χ0v) is 13.1. The monoisotopic (exact) mass is 310 g/mol. The highest BCUT2D eigenvalue weighted by atomic mass is 35.5. The van der Waals surface area contributed by atoms with Gasteiger partial charge in [0.2, 0.25) is 5.78 Å². The Hall–Kier alpha value is -2.33. The molecule has 22 heavy (non-hydrogen) atoms. The maximum atomic E-state index is 6.47. The first kappa shape index (κ1) is 13.3. The summed E-state index contributed by atoms with van der Waals surface area (Å²) >= 11 is 6.47. The third kappa shape index (κ3) is 2.07. The second-order valence-corrected chi connectivity index (χ2v) is 6.16. The SMILES string of the molecule is CC(C)c1cc2cc(Cl)c(-c3cn4cccnc4n3)cc2[nH]1. The van der Waals surface area contributed by atoms with E-state index in [0.717, 1.165) is 22.2 Å². The van der Waals surface area contributed by atoms with Crippen LogP contribution in [0.1, 0.15) is 25.5 Å². The Morgan fingerprint density at radius 1 is 1.23 bits per heavy atom. The highest BCUT2D eigenvalue weighted by molar-refractivity contribution is 6.34. The molecule has 4 aromatic rings. The number of nitrogens with zero attached hydrogens (tertiary/aromatic N) is 3. The lowest BCUT2D eigenvalue weighted by molar-refractivity contribution is 0.836. The minimum absolute atomic E-state index is 0.453. The number of hydrogen-bond acceptors (Lipinski definition) is 2. The first-order chi connectivity index (χ1) is 10.6. The first-order valence-corrected chi connectivity index (χ1v) is 7.62. The molecule has 110 valence electrons. The summed E-state index contributed by atoms with van der Waals surface area (Å²) in [6, 6.07) is 8.08. The molecule has 0 saturated heterocycles. The normalized spacial score (nSPS) is 11.8. The van der Waals surface area contributed by atoms with Crippen molar-refractivity contribution in [3.63, 3.8) is 0 Å². The van der Waals surface area contributed by atoms with Gasteiger partial charge in [0.05, 0.1) is 10.7 Å². The number of aromatic amines is 1. The molecule has 0 spiro atoms. The molecule has 3 aromatic heterocycles. The van der Waals surface area contributed by atoms with Crippen molar-refractivity contribution in [3.05, 3.63) is 53.6 Å². The van der Waals surface area contributed by atoms with Crippen LogP contribution in [0.3, 0.4) is 0 Å². The summed E-state index contributed by atoms with van der Waals surface area (Å²) in [5, 5.41) is 1.82. The number of nitrogens with one attached hydrogen (secondary N) is 1. The third-order valence-corrected chi connectivity index (χ3v) is 4.18. The molecule has 1 N–H and O–H groups in total. The Morgan fingerprint density at radius 3 is 2.86 bits per heavy atom. The summed E-state index contributed by atoms with van der Waals surface area (Å²) < 4.78 is 1.89. The summed E-state index contributed by atoms with van der Waals surface area (Å²) in [7, 11) is 0. The third-order valence-electron chi connectivity index (χ3n) is 3.86. The molecule has 0 aliphatic rings. The van der Waals surface area contributed by atoms with Crippen LogP contribution in [0.4, 0.5) is 0 Å². The molecule has 4 nitrogen and oxygen atoms in total. The van der Waals surface area contributed by atoms with Crippen molar-refractivity contribution >= 4 is 28.3 Å². The number of hydrogen-bond donors (Lipinski definition) is 1. The van der Waals surface area contributed by atoms with E-state index in [2.05, 4.69) is 40.9 Å². The van der Waals surface area contributed by atoms with Crippen molar-refractivity contribution in [1.82, 2.24) is 19.4 Å². The molecule has 0 amide bonds. The van der Waals surface area contributed by atoms with Gasteiger partial charge in [0, 0.05) is 40.8 Å². The smallest absolute Gasteiger partial charge is 0.234 e. The van der Waals surface area contributed by atoms with E-state index in [1.807, 2.05) is 28.9 Å². The number of rotatable bonds is 2. The van der Waals surface area contributed by atoms with Gasteiger partial charge in [0.1, 0.15) is 0 Å². The maximum Gasteiger partial charge on any atom is 0.234 e. The Morgan fingerprint density at radius 2 is 2.09 bits per heavy atom. The van der Waals surface area contributed by atoms with Crippen LogP contribution in [0.15, 0.2) is 42.9 Å². The number of halogens is 1. The first-order valence-electron chi connectivity index (χ1n) is 7.24. The standard InChI is InChI=1S/C17H15ClN4/c1-10(2)14-7-11-6-13(18)12(8-15(11)20-14)16-9-22-5-3-4-19-17(22)21-16/h3-10,20H,1-2H3. The van der Waals surface area contributed by atoms with E-state index in [1.165, 1.54) is 5.69 Å². The van der Waals surface area contributed by atoms with E-state index >= 15 is 0 Å². The van der Waals surface area contributed by atoms with Crippen molar-refractivity contribution in [2.75, 3.05) is 0 Å². The van der Waals surface area contributed by atoms with E-state index in [1.54, 1.807) is 6.20 Å². The zero-order valence-electron chi connectivity index (χ0n) is 12.3. The van der Waals surface area contributed by atoms with Crippen molar-refractivity contribution in [1.29, 1.82) is 0 Å². The fourth-order valence-electron chi connectivity index (χ4n) is 2.64. The quantitative estimate of drug-likeness (QED) is 0.585. The van der Waals surface area contributed by atoms with Crippen LogP contribution in [0.2, 0.25) is 5.02 Å². The molecule has 1 aromatic carbocycles. The van der Waals surface area contributed by atoms with Crippen LogP contribution < -0.4 is 0 Å². The number of fused-ring (bicyclic) bond motifs is 2. The fraction of sp³-hybridized carbons (Fsp3) is 0.176. The molecule has 0 saturated carbocycles. The predicted octanol–water partition coefficient (Wildman–Crippen LogP) is 4.65. The fourth-order valence-corrected chi connectivity index (χ4v) is 2.91. The Labute approximate surface area is 132 Å². The maximum absolute atomic E-state index is 6.47. The zero-order chi connectivity index (χ0) is 15.3. The Balaban J connectivity index is 1.91. The van der Waals surface area contributed by atoms with Crippen molar-refractivity contribution in [3.8, 4) is 11.3 Å². The number of benzene rings is 1. The van der Waals surface area contributed by atoms with Crippen molar-refractivity contribution < 1.29 is 0 Å². The highest BCUT2D eigenvalue weighted by Crippen LogP contribution is 2.32. The minimum Gasteiger partial charge on any atom is -0.358 e. The lowest BCUT2D eigenvalue weighted by atomic mass is 10.1. The topological polar surface area (TPSA) is 46.0 Å². The van der Waals surface area contributed by atoms with Gasteiger partial charge in [0.25, 0.3) is 0 Å². The van der Waals surface area contributed by atoms with E-state index in [4.69, 9.17) is 11.6 Å². The molecule has 0 fully saturated rings. The summed E-state index contributed by atoms with van der Waals surface area (Å²) in [6.45, 7) is 4.34. The summed E-state index contributed by atoms with van der Waals surface area (Å²) in [5.74, 6) is 1.12. The van der Waals surface area contributed by atoms with Crippen LogP contribution in [0.25, 0.3) is 27.9 Å². The summed E-state index contributed by atoms with van der Waals surface area (Å²) in [4.78, 5) is 12.3. The Kier molecular flexibility index (Phi) is 2.94. The van der Waals surface area contributed by atoms with Crippen molar-refractivity contribution in [2.45, 2.75) is 19.8 Å². The van der Waals surface area contributed by atoms with E-state index in [9.17, 15) is 0 Å². The molecular weight excluding hydrogens is 296 g/mol. The number of imidazole rings is 1. The molecule has 5 heteroatoms. The minimum atomic E-state index is 0.453. The van der Waals surface area contributed by atoms with Crippen LogP contribution in [-0.4, -0.2) is 19.4 Å². The van der Waals surface area contributed by atoms with E-state index < -0.39 is 0 Å². The average molecular weight is 311 g/mol. The summed E-state index contributed by atoms with van der Waals surface area (Å²) in [5.41, 5.74) is 4.02.